The fraction of sp³-hybridized carbons (Fsp3) is 0.500. The Kier molecular flexibility index (Phi) is 2.93. The van der Waals surface area contributed by atoms with Crippen molar-refractivity contribution in [2.45, 2.75) is 19.0 Å². The Hall–Kier alpha value is -1.06. The van der Waals surface area contributed by atoms with E-state index in [1.54, 1.807) is 6.07 Å². The molecule has 15 heavy (non-hydrogen) atoms. The smallest absolute Gasteiger partial charge is 0.120 e. The second kappa shape index (κ2) is 4.21. The Morgan fingerprint density at radius 2 is 2.27 bits per heavy atom. The van der Waals surface area contributed by atoms with Crippen molar-refractivity contribution in [2.75, 3.05) is 20.6 Å². The zero-order valence-corrected chi connectivity index (χ0v) is 9.33. The van der Waals surface area contributed by atoms with Crippen LogP contribution in [0.1, 0.15) is 11.1 Å². The highest BCUT2D eigenvalue weighted by atomic mass is 16.3. The van der Waals surface area contributed by atoms with Gasteiger partial charge in [-0.1, -0.05) is 12.1 Å². The minimum Gasteiger partial charge on any atom is -0.508 e. The molecule has 1 aliphatic rings. The molecule has 0 aromatic heterocycles. The molecule has 82 valence electrons. The number of likely N-dealkylation sites (N-methyl/N-ethyl adjacent to an activating group) is 1. The second-order valence-electron chi connectivity index (χ2n) is 4.46. The lowest BCUT2D eigenvalue weighted by atomic mass is 9.95. The average molecular weight is 206 g/mol. The molecule has 0 fully saturated rings. The molecular weight excluding hydrogens is 188 g/mol. The Labute approximate surface area is 90.7 Å². The lowest BCUT2D eigenvalue weighted by Crippen LogP contribution is -2.42. The zero-order valence-electron chi connectivity index (χ0n) is 9.33. The monoisotopic (exact) mass is 206 g/mol. The number of hydrogen-bond acceptors (Lipinski definition) is 3. The lowest BCUT2D eigenvalue weighted by molar-refractivity contribution is 0.323. The van der Waals surface area contributed by atoms with Crippen LogP contribution in [0.5, 0.6) is 5.75 Å². The van der Waals surface area contributed by atoms with Crippen molar-refractivity contribution in [3.05, 3.63) is 29.3 Å². The van der Waals surface area contributed by atoms with Crippen LogP contribution in [0.2, 0.25) is 0 Å². The summed E-state index contributed by atoms with van der Waals surface area (Å²) >= 11 is 0. The molecule has 0 saturated heterocycles. The molecule has 3 nitrogen and oxygen atoms in total. The predicted octanol–water partition coefficient (Wildman–Crippen LogP) is 0.968. The number of benzene rings is 1. The summed E-state index contributed by atoms with van der Waals surface area (Å²) in [6.07, 6.45) is 1.00. The van der Waals surface area contributed by atoms with Crippen molar-refractivity contribution < 1.29 is 5.11 Å². The van der Waals surface area contributed by atoms with Crippen LogP contribution in [0.15, 0.2) is 18.2 Å². The van der Waals surface area contributed by atoms with Gasteiger partial charge in [-0.25, -0.2) is 0 Å². The fourth-order valence-corrected chi connectivity index (χ4v) is 2.17. The van der Waals surface area contributed by atoms with Crippen molar-refractivity contribution in [3.8, 4) is 5.75 Å². The fourth-order valence-electron chi connectivity index (χ4n) is 2.17. The van der Waals surface area contributed by atoms with E-state index in [2.05, 4.69) is 30.4 Å². The first-order valence-electron chi connectivity index (χ1n) is 5.34. The Morgan fingerprint density at radius 3 is 3.00 bits per heavy atom. The van der Waals surface area contributed by atoms with Gasteiger partial charge < -0.3 is 15.3 Å². The number of fused-ring (bicyclic) bond motifs is 1. The number of aromatic hydroxyl groups is 1. The minimum absolute atomic E-state index is 0.420. The SMILES string of the molecule is CN(C)CC1Cc2cccc(O)c2CN1. The Balaban J connectivity index is 2.13. The molecule has 0 saturated carbocycles. The van der Waals surface area contributed by atoms with E-state index in [4.69, 9.17) is 0 Å². The molecule has 2 N–H and O–H groups in total. The predicted molar refractivity (Wildman–Crippen MR) is 61.0 cm³/mol. The maximum Gasteiger partial charge on any atom is 0.120 e. The molecule has 0 amide bonds. The molecule has 0 spiro atoms. The Morgan fingerprint density at radius 1 is 1.47 bits per heavy atom. The third-order valence-corrected chi connectivity index (χ3v) is 2.87. The Bertz CT molecular complexity index is 349. The summed E-state index contributed by atoms with van der Waals surface area (Å²) < 4.78 is 0. The van der Waals surface area contributed by atoms with Gasteiger partial charge in [-0.3, -0.25) is 0 Å². The standard InChI is InChI=1S/C12H18N2O/c1-14(2)8-10-6-9-4-3-5-12(15)11(9)7-13-10/h3-5,10,13,15H,6-8H2,1-2H3. The van der Waals surface area contributed by atoms with Gasteiger partial charge in [0.15, 0.2) is 0 Å². The number of nitrogens with one attached hydrogen (secondary N) is 1. The number of phenolic OH excluding ortho intramolecular Hbond substituents is 1. The van der Waals surface area contributed by atoms with E-state index in [9.17, 15) is 5.11 Å². The highest BCUT2D eigenvalue weighted by molar-refractivity contribution is 5.41. The van der Waals surface area contributed by atoms with E-state index >= 15 is 0 Å². The molecule has 1 heterocycles. The van der Waals surface area contributed by atoms with Crippen LogP contribution >= 0.6 is 0 Å². The molecule has 2 rings (SSSR count). The highest BCUT2D eigenvalue weighted by Crippen LogP contribution is 2.25. The van der Waals surface area contributed by atoms with Gasteiger partial charge in [0, 0.05) is 24.7 Å². The number of nitrogens with zero attached hydrogens (tertiary/aromatic N) is 1. The van der Waals surface area contributed by atoms with Crippen LogP contribution in [-0.4, -0.2) is 36.7 Å². The van der Waals surface area contributed by atoms with Gasteiger partial charge in [0.2, 0.25) is 0 Å². The van der Waals surface area contributed by atoms with Crippen molar-refractivity contribution in [1.29, 1.82) is 0 Å². The van der Waals surface area contributed by atoms with Crippen LogP contribution in [0, 0.1) is 0 Å². The van der Waals surface area contributed by atoms with E-state index in [1.807, 2.05) is 6.07 Å². The largest absolute Gasteiger partial charge is 0.508 e. The summed E-state index contributed by atoms with van der Waals surface area (Å²) in [5, 5.41) is 13.1. The maximum atomic E-state index is 9.67. The van der Waals surface area contributed by atoms with Gasteiger partial charge in [0.1, 0.15) is 5.75 Å². The van der Waals surface area contributed by atoms with Crippen LogP contribution in [0.25, 0.3) is 0 Å². The second-order valence-corrected chi connectivity index (χ2v) is 4.46. The van der Waals surface area contributed by atoms with Gasteiger partial charge in [-0.15, -0.1) is 0 Å². The normalized spacial score (nSPS) is 20.3. The van der Waals surface area contributed by atoms with E-state index < -0.39 is 0 Å². The van der Waals surface area contributed by atoms with Crippen molar-refractivity contribution in [2.24, 2.45) is 0 Å². The molecule has 0 aliphatic carbocycles. The molecule has 0 radical (unpaired) electrons. The molecule has 0 bridgehead atoms. The summed E-state index contributed by atoms with van der Waals surface area (Å²) in [4.78, 5) is 2.19. The maximum absolute atomic E-state index is 9.67. The van der Waals surface area contributed by atoms with Gasteiger partial charge in [-0.05, 0) is 32.1 Å². The van der Waals surface area contributed by atoms with Gasteiger partial charge in [0.25, 0.3) is 0 Å². The third-order valence-electron chi connectivity index (χ3n) is 2.87. The van der Waals surface area contributed by atoms with E-state index in [0.717, 1.165) is 25.1 Å². The molecule has 1 aliphatic heterocycles. The highest BCUT2D eigenvalue weighted by Gasteiger charge is 2.19. The third kappa shape index (κ3) is 2.30. The molecule has 1 atom stereocenters. The first kappa shape index (κ1) is 10.5. The topological polar surface area (TPSA) is 35.5 Å². The quantitative estimate of drug-likeness (QED) is 0.757. The summed E-state index contributed by atoms with van der Waals surface area (Å²) in [6, 6.07) is 6.28. The van der Waals surface area contributed by atoms with Gasteiger partial charge >= 0.3 is 0 Å². The summed E-state index contributed by atoms with van der Waals surface area (Å²) in [5.74, 6) is 0.420. The molecule has 3 heteroatoms. The first-order valence-corrected chi connectivity index (χ1v) is 5.34. The number of hydrogen-bond donors (Lipinski definition) is 2. The zero-order chi connectivity index (χ0) is 10.8. The minimum atomic E-state index is 0.420. The molecule has 1 aromatic carbocycles. The lowest BCUT2D eigenvalue weighted by Gasteiger charge is -2.28. The van der Waals surface area contributed by atoms with Crippen LogP contribution in [-0.2, 0) is 13.0 Å². The van der Waals surface area contributed by atoms with Crippen LogP contribution < -0.4 is 5.32 Å². The van der Waals surface area contributed by atoms with Crippen molar-refractivity contribution >= 4 is 0 Å². The number of rotatable bonds is 2. The van der Waals surface area contributed by atoms with Gasteiger partial charge in [0.05, 0.1) is 0 Å². The summed E-state index contributed by atoms with van der Waals surface area (Å²) in [7, 11) is 4.17. The molecule has 1 unspecified atom stereocenters. The van der Waals surface area contributed by atoms with Gasteiger partial charge in [-0.2, -0.15) is 0 Å². The molecular formula is C12H18N2O. The van der Waals surface area contributed by atoms with E-state index in [-0.39, 0.29) is 0 Å². The summed E-state index contributed by atoms with van der Waals surface area (Å²) in [5.41, 5.74) is 2.34. The van der Waals surface area contributed by atoms with Crippen LogP contribution in [0.4, 0.5) is 0 Å². The first-order chi connectivity index (χ1) is 7.16. The van der Waals surface area contributed by atoms with E-state index in [1.165, 1.54) is 5.56 Å². The van der Waals surface area contributed by atoms with Crippen molar-refractivity contribution in [1.82, 2.24) is 10.2 Å². The summed E-state index contributed by atoms with van der Waals surface area (Å²) in [6.45, 7) is 1.82. The van der Waals surface area contributed by atoms with Crippen LogP contribution in [0.3, 0.4) is 0 Å². The average Bonchev–Trinajstić information content (AvgIpc) is 2.17. The molecule has 1 aromatic rings. The number of phenols is 1. The van der Waals surface area contributed by atoms with Crippen molar-refractivity contribution in [3.63, 3.8) is 0 Å². The van der Waals surface area contributed by atoms with E-state index in [0.29, 0.717) is 11.8 Å².